The number of para-hydroxylation sites is 1. The highest BCUT2D eigenvalue weighted by atomic mass is 32.2. The second kappa shape index (κ2) is 7.31. The van der Waals surface area contributed by atoms with Crippen LogP contribution in [0.3, 0.4) is 0 Å². The van der Waals surface area contributed by atoms with Gasteiger partial charge in [0.25, 0.3) is 0 Å². The summed E-state index contributed by atoms with van der Waals surface area (Å²) in [5.41, 5.74) is 2.04. The van der Waals surface area contributed by atoms with Crippen LogP contribution < -0.4 is 10.1 Å². The Kier molecular flexibility index (Phi) is 5.14. The molecule has 1 aliphatic heterocycles. The molecule has 0 fully saturated rings. The molecule has 0 unspecified atom stereocenters. The molecule has 3 nitrogen and oxygen atoms in total. The summed E-state index contributed by atoms with van der Waals surface area (Å²) >= 11 is 1.64. The lowest BCUT2D eigenvalue weighted by Crippen LogP contribution is -2.41. The maximum absolute atomic E-state index is 12.3. The number of ether oxygens (including phenoxy) is 1. The van der Waals surface area contributed by atoms with Gasteiger partial charge in [-0.3, -0.25) is 4.79 Å². The van der Waals surface area contributed by atoms with Crippen molar-refractivity contribution in [3.8, 4) is 5.75 Å². The zero-order chi connectivity index (χ0) is 17.0. The van der Waals surface area contributed by atoms with E-state index in [0.717, 1.165) is 23.5 Å². The minimum atomic E-state index is -0.274. The van der Waals surface area contributed by atoms with Crippen LogP contribution in [-0.2, 0) is 10.5 Å². The van der Waals surface area contributed by atoms with Crippen LogP contribution in [-0.4, -0.2) is 17.3 Å². The molecular formula is C20H23NO2S. The van der Waals surface area contributed by atoms with Gasteiger partial charge in [0.2, 0.25) is 5.91 Å². The van der Waals surface area contributed by atoms with Gasteiger partial charge in [-0.15, -0.1) is 11.8 Å². The van der Waals surface area contributed by atoms with Crippen LogP contribution in [0.2, 0.25) is 0 Å². The van der Waals surface area contributed by atoms with Crippen molar-refractivity contribution in [1.29, 1.82) is 0 Å². The maximum Gasteiger partial charge on any atom is 0.230 e. The monoisotopic (exact) mass is 341 g/mol. The molecule has 2 aromatic rings. The molecule has 0 saturated heterocycles. The van der Waals surface area contributed by atoms with E-state index in [9.17, 15) is 4.79 Å². The van der Waals surface area contributed by atoms with E-state index in [2.05, 4.69) is 31.3 Å². The number of thioether (sulfide) groups is 1. The zero-order valence-corrected chi connectivity index (χ0v) is 14.9. The molecule has 2 aromatic carbocycles. The third kappa shape index (κ3) is 4.32. The first-order valence-corrected chi connectivity index (χ1v) is 9.38. The molecule has 1 aliphatic rings. The van der Waals surface area contributed by atoms with Gasteiger partial charge >= 0.3 is 0 Å². The van der Waals surface area contributed by atoms with Crippen LogP contribution >= 0.6 is 11.8 Å². The largest absolute Gasteiger partial charge is 0.487 e. The average molecular weight is 341 g/mol. The van der Waals surface area contributed by atoms with Crippen LogP contribution in [0.15, 0.2) is 54.6 Å². The third-order valence-corrected chi connectivity index (χ3v) is 5.06. The fourth-order valence-corrected chi connectivity index (χ4v) is 3.80. The molecule has 0 aliphatic carbocycles. The van der Waals surface area contributed by atoms with Crippen LogP contribution in [0, 0.1) is 0 Å². The van der Waals surface area contributed by atoms with E-state index in [1.807, 2.05) is 42.5 Å². The molecule has 0 saturated carbocycles. The average Bonchev–Trinajstić information content (AvgIpc) is 2.55. The summed E-state index contributed by atoms with van der Waals surface area (Å²) in [6.45, 7) is 4.12. The van der Waals surface area contributed by atoms with Gasteiger partial charge in [0.15, 0.2) is 0 Å². The highest BCUT2D eigenvalue weighted by Gasteiger charge is 2.34. The van der Waals surface area contributed by atoms with Gasteiger partial charge < -0.3 is 10.1 Å². The lowest BCUT2D eigenvalue weighted by atomic mass is 9.90. The van der Waals surface area contributed by atoms with E-state index < -0.39 is 0 Å². The standard InChI is InChI=1S/C20H23NO2S/c1-20(2)12-17(16-10-6-7-11-18(16)23-20)21-19(22)14-24-13-15-8-4-3-5-9-15/h3-11,17H,12-14H2,1-2H3,(H,21,22)/t17-/m0/s1. The maximum atomic E-state index is 12.3. The van der Waals surface area contributed by atoms with E-state index in [1.54, 1.807) is 11.8 Å². The molecule has 0 radical (unpaired) electrons. The van der Waals surface area contributed by atoms with Gasteiger partial charge in [0, 0.05) is 17.7 Å². The molecule has 0 bridgehead atoms. The highest BCUT2D eigenvalue weighted by molar-refractivity contribution is 7.99. The second-order valence-corrected chi connectivity index (χ2v) is 7.69. The van der Waals surface area contributed by atoms with Gasteiger partial charge in [-0.25, -0.2) is 0 Å². The van der Waals surface area contributed by atoms with Crippen molar-refractivity contribution in [2.75, 3.05) is 5.75 Å². The topological polar surface area (TPSA) is 38.3 Å². The van der Waals surface area contributed by atoms with Crippen molar-refractivity contribution in [2.24, 2.45) is 0 Å². The van der Waals surface area contributed by atoms with E-state index in [1.165, 1.54) is 5.56 Å². The normalized spacial score (nSPS) is 18.3. The first kappa shape index (κ1) is 16.9. The van der Waals surface area contributed by atoms with E-state index in [4.69, 9.17) is 4.74 Å². The summed E-state index contributed by atoms with van der Waals surface area (Å²) in [5.74, 6) is 2.27. The van der Waals surface area contributed by atoms with Crippen molar-refractivity contribution in [1.82, 2.24) is 5.32 Å². The third-order valence-electron chi connectivity index (χ3n) is 4.06. The van der Waals surface area contributed by atoms with Crippen molar-refractivity contribution >= 4 is 17.7 Å². The number of nitrogens with one attached hydrogen (secondary N) is 1. The first-order valence-electron chi connectivity index (χ1n) is 8.22. The Morgan fingerprint density at radius 1 is 1.17 bits per heavy atom. The van der Waals surface area contributed by atoms with Gasteiger partial charge in [0.05, 0.1) is 11.8 Å². The Bertz CT molecular complexity index is 700. The lowest BCUT2D eigenvalue weighted by molar-refractivity contribution is -0.119. The summed E-state index contributed by atoms with van der Waals surface area (Å²) in [6, 6.07) is 18.2. The molecule has 4 heteroatoms. The molecule has 126 valence electrons. The minimum Gasteiger partial charge on any atom is -0.487 e. The molecule has 1 N–H and O–H groups in total. The number of carbonyl (C=O) groups is 1. The van der Waals surface area contributed by atoms with Crippen molar-refractivity contribution in [2.45, 2.75) is 37.7 Å². The molecule has 0 spiro atoms. The van der Waals surface area contributed by atoms with Gasteiger partial charge in [0.1, 0.15) is 11.4 Å². The SMILES string of the molecule is CC1(C)C[C@H](NC(=O)CSCc2ccccc2)c2ccccc2O1. The summed E-state index contributed by atoms with van der Waals surface area (Å²) in [6.07, 6.45) is 0.777. The van der Waals surface area contributed by atoms with Gasteiger partial charge in [-0.05, 0) is 25.5 Å². The molecule has 3 rings (SSSR count). The van der Waals surface area contributed by atoms with Crippen LogP contribution in [0.4, 0.5) is 0 Å². The van der Waals surface area contributed by atoms with Gasteiger partial charge in [-0.2, -0.15) is 0 Å². The van der Waals surface area contributed by atoms with E-state index >= 15 is 0 Å². The van der Waals surface area contributed by atoms with Crippen LogP contribution in [0.25, 0.3) is 0 Å². The van der Waals surface area contributed by atoms with Crippen LogP contribution in [0.1, 0.15) is 37.4 Å². The number of carbonyl (C=O) groups excluding carboxylic acids is 1. The minimum absolute atomic E-state index is 0.00905. The molecule has 24 heavy (non-hydrogen) atoms. The number of hydrogen-bond acceptors (Lipinski definition) is 3. The summed E-state index contributed by atoms with van der Waals surface area (Å²) in [7, 11) is 0. The Morgan fingerprint density at radius 3 is 2.67 bits per heavy atom. The Balaban J connectivity index is 1.58. The second-order valence-electron chi connectivity index (χ2n) is 6.70. The van der Waals surface area contributed by atoms with Gasteiger partial charge in [-0.1, -0.05) is 48.5 Å². The van der Waals surface area contributed by atoms with Crippen molar-refractivity contribution in [3.63, 3.8) is 0 Å². The van der Waals surface area contributed by atoms with Crippen LogP contribution in [0.5, 0.6) is 5.75 Å². The quantitative estimate of drug-likeness (QED) is 0.879. The zero-order valence-electron chi connectivity index (χ0n) is 14.1. The summed E-state index contributed by atoms with van der Waals surface area (Å²) in [5, 5.41) is 3.18. The highest BCUT2D eigenvalue weighted by Crippen LogP contribution is 2.39. The summed E-state index contributed by atoms with van der Waals surface area (Å²) < 4.78 is 6.01. The number of fused-ring (bicyclic) bond motifs is 1. The summed E-state index contributed by atoms with van der Waals surface area (Å²) in [4.78, 5) is 12.3. The molecular weight excluding hydrogens is 318 g/mol. The predicted molar refractivity (Wildman–Crippen MR) is 99.3 cm³/mol. The fraction of sp³-hybridized carbons (Fsp3) is 0.350. The number of benzene rings is 2. The molecule has 0 aromatic heterocycles. The number of rotatable bonds is 5. The van der Waals surface area contributed by atoms with E-state index in [0.29, 0.717) is 5.75 Å². The number of hydrogen-bond donors (Lipinski definition) is 1. The van der Waals surface area contributed by atoms with Crippen molar-refractivity contribution in [3.05, 3.63) is 65.7 Å². The van der Waals surface area contributed by atoms with E-state index in [-0.39, 0.29) is 17.6 Å². The predicted octanol–water partition coefficient (Wildman–Crippen LogP) is 4.34. The lowest BCUT2D eigenvalue weighted by Gasteiger charge is -2.37. The molecule has 1 heterocycles. The smallest absolute Gasteiger partial charge is 0.230 e. The Labute approximate surface area is 147 Å². The fourth-order valence-electron chi connectivity index (χ4n) is 3.00. The first-order chi connectivity index (χ1) is 11.5. The van der Waals surface area contributed by atoms with Crippen molar-refractivity contribution < 1.29 is 9.53 Å². The number of amides is 1. The Hall–Kier alpha value is -1.94. The molecule has 1 atom stereocenters. The molecule has 1 amide bonds. The Morgan fingerprint density at radius 2 is 1.88 bits per heavy atom.